The minimum absolute atomic E-state index is 0.373. The largest absolute Gasteiger partial charge is 0.306 e. The van der Waals surface area contributed by atoms with Gasteiger partial charge >= 0.3 is 6.08 Å². The maximum absolute atomic E-state index is 13.7. The van der Waals surface area contributed by atoms with Crippen LogP contribution in [0.5, 0.6) is 0 Å². The molecule has 0 radical (unpaired) electrons. The average Bonchev–Trinajstić information content (AvgIpc) is 2.36. The van der Waals surface area contributed by atoms with E-state index in [0.29, 0.717) is 0 Å². The third kappa shape index (κ3) is 2.66. The molecule has 0 heterocycles. The molecule has 1 rings (SSSR count). The lowest BCUT2D eigenvalue weighted by Crippen LogP contribution is -2.13. The van der Waals surface area contributed by atoms with E-state index in [2.05, 4.69) is 0 Å². The van der Waals surface area contributed by atoms with Gasteiger partial charge in [0, 0.05) is 5.56 Å². The minimum atomic E-state index is -3.06. The van der Waals surface area contributed by atoms with Gasteiger partial charge in [0.1, 0.15) is 0 Å². The zero-order chi connectivity index (χ0) is 15.8. The van der Waals surface area contributed by atoms with E-state index in [9.17, 15) is 30.7 Å². The fourth-order valence-electron chi connectivity index (χ4n) is 1.67. The van der Waals surface area contributed by atoms with Crippen molar-refractivity contribution in [2.75, 3.05) is 0 Å². The lowest BCUT2D eigenvalue weighted by Gasteiger charge is -2.19. The standard InChI is InChI=1S/C13H11F7/c1-4(2)5(3)6-8(14)10(16)7(11(17)9(6)15)12(18)13(19)20/h4-5H,1-3H3. The van der Waals surface area contributed by atoms with Gasteiger partial charge in [0.15, 0.2) is 23.3 Å². The van der Waals surface area contributed by atoms with Crippen LogP contribution in [0.4, 0.5) is 30.7 Å². The van der Waals surface area contributed by atoms with Crippen molar-refractivity contribution in [3.8, 4) is 0 Å². The first-order valence-electron chi connectivity index (χ1n) is 5.68. The zero-order valence-electron chi connectivity index (χ0n) is 10.8. The second-order valence-electron chi connectivity index (χ2n) is 4.65. The SMILES string of the molecule is CC(C)C(C)c1c(F)c(F)c(C(F)=C(F)F)c(F)c1F. The quantitative estimate of drug-likeness (QED) is 0.508. The predicted octanol–water partition coefficient (Wildman–Crippen LogP) is 5.54. The fraction of sp³-hybridized carbons (Fsp3) is 0.385. The molecule has 0 saturated heterocycles. The highest BCUT2D eigenvalue weighted by Crippen LogP contribution is 2.36. The molecule has 0 N–H and O–H groups in total. The molecular weight excluding hydrogens is 289 g/mol. The highest BCUT2D eigenvalue weighted by atomic mass is 19.3. The second kappa shape index (κ2) is 5.85. The normalized spacial score (nSPS) is 12.8. The van der Waals surface area contributed by atoms with Crippen LogP contribution in [0.15, 0.2) is 6.08 Å². The predicted molar refractivity (Wildman–Crippen MR) is 59.8 cm³/mol. The lowest BCUT2D eigenvalue weighted by molar-refractivity contribution is 0.390. The topological polar surface area (TPSA) is 0 Å². The van der Waals surface area contributed by atoms with E-state index in [0.717, 1.165) is 0 Å². The summed E-state index contributed by atoms with van der Waals surface area (Å²) in [5.74, 6) is -12.0. The molecule has 20 heavy (non-hydrogen) atoms. The van der Waals surface area contributed by atoms with Crippen molar-refractivity contribution >= 4 is 5.83 Å². The molecule has 0 amide bonds. The Balaban J connectivity index is 3.71. The van der Waals surface area contributed by atoms with Crippen LogP contribution >= 0.6 is 0 Å². The van der Waals surface area contributed by atoms with Gasteiger partial charge < -0.3 is 0 Å². The Hall–Kier alpha value is -1.53. The summed E-state index contributed by atoms with van der Waals surface area (Å²) in [6.07, 6.45) is -3.06. The maximum atomic E-state index is 13.7. The van der Waals surface area contributed by atoms with Crippen LogP contribution in [0.25, 0.3) is 5.83 Å². The Kier molecular flexibility index (Phi) is 4.83. The van der Waals surface area contributed by atoms with Crippen LogP contribution < -0.4 is 0 Å². The van der Waals surface area contributed by atoms with E-state index in [1.165, 1.54) is 6.92 Å². The average molecular weight is 300 g/mol. The summed E-state index contributed by atoms with van der Waals surface area (Å²) in [5, 5.41) is 0. The van der Waals surface area contributed by atoms with E-state index in [1.54, 1.807) is 13.8 Å². The van der Waals surface area contributed by atoms with Crippen molar-refractivity contribution in [1.82, 2.24) is 0 Å². The van der Waals surface area contributed by atoms with Crippen LogP contribution in [0, 0.1) is 29.2 Å². The molecule has 1 unspecified atom stereocenters. The van der Waals surface area contributed by atoms with Gasteiger partial charge in [-0.15, -0.1) is 0 Å². The van der Waals surface area contributed by atoms with E-state index in [-0.39, 0.29) is 5.92 Å². The summed E-state index contributed by atoms with van der Waals surface area (Å²) in [6, 6.07) is 0. The van der Waals surface area contributed by atoms with Crippen molar-refractivity contribution in [1.29, 1.82) is 0 Å². The van der Waals surface area contributed by atoms with E-state index >= 15 is 0 Å². The minimum Gasteiger partial charge on any atom is -0.203 e. The molecule has 1 atom stereocenters. The summed E-state index contributed by atoms with van der Waals surface area (Å²) in [6.45, 7) is 4.41. The van der Waals surface area contributed by atoms with E-state index < -0.39 is 52.2 Å². The van der Waals surface area contributed by atoms with Gasteiger partial charge in [-0.1, -0.05) is 20.8 Å². The number of halogens is 7. The summed E-state index contributed by atoms with van der Waals surface area (Å²) in [5.41, 5.74) is -2.95. The van der Waals surface area contributed by atoms with Crippen molar-refractivity contribution in [2.24, 2.45) is 5.92 Å². The summed E-state index contributed by atoms with van der Waals surface area (Å²) in [7, 11) is 0. The van der Waals surface area contributed by atoms with Crippen molar-refractivity contribution in [3.63, 3.8) is 0 Å². The first-order chi connectivity index (χ1) is 9.11. The first-order valence-corrected chi connectivity index (χ1v) is 5.68. The smallest absolute Gasteiger partial charge is 0.203 e. The second-order valence-corrected chi connectivity index (χ2v) is 4.65. The number of benzene rings is 1. The van der Waals surface area contributed by atoms with Crippen molar-refractivity contribution in [2.45, 2.75) is 26.7 Å². The molecule has 0 aromatic heterocycles. The van der Waals surface area contributed by atoms with Crippen molar-refractivity contribution in [3.05, 3.63) is 40.5 Å². The Morgan fingerprint density at radius 3 is 1.45 bits per heavy atom. The molecule has 0 spiro atoms. The highest BCUT2D eigenvalue weighted by molar-refractivity contribution is 5.62. The van der Waals surface area contributed by atoms with Crippen LogP contribution in [0.3, 0.4) is 0 Å². The van der Waals surface area contributed by atoms with E-state index in [4.69, 9.17) is 0 Å². The van der Waals surface area contributed by atoms with Gasteiger partial charge in [0.2, 0.25) is 5.83 Å². The molecule has 1 aromatic rings. The van der Waals surface area contributed by atoms with Crippen molar-refractivity contribution < 1.29 is 30.7 Å². The summed E-state index contributed by atoms with van der Waals surface area (Å²) >= 11 is 0. The molecule has 112 valence electrons. The number of rotatable bonds is 3. The molecule has 0 nitrogen and oxygen atoms in total. The Morgan fingerprint density at radius 1 is 0.750 bits per heavy atom. The third-order valence-electron chi connectivity index (χ3n) is 3.14. The maximum Gasteiger partial charge on any atom is 0.306 e. The van der Waals surface area contributed by atoms with Gasteiger partial charge in [-0.3, -0.25) is 0 Å². The highest BCUT2D eigenvalue weighted by Gasteiger charge is 2.32. The number of hydrogen-bond donors (Lipinski definition) is 0. The molecular formula is C13H11F7. The fourth-order valence-corrected chi connectivity index (χ4v) is 1.67. The Morgan fingerprint density at radius 2 is 1.15 bits per heavy atom. The van der Waals surface area contributed by atoms with Gasteiger partial charge in [0.25, 0.3) is 0 Å². The van der Waals surface area contributed by atoms with Gasteiger partial charge in [-0.2, -0.15) is 8.78 Å². The van der Waals surface area contributed by atoms with Gasteiger partial charge in [-0.05, 0) is 11.8 Å². The summed E-state index contributed by atoms with van der Waals surface area (Å²) in [4.78, 5) is 0. The summed E-state index contributed by atoms with van der Waals surface area (Å²) < 4.78 is 91.6. The van der Waals surface area contributed by atoms with E-state index in [1.807, 2.05) is 0 Å². The molecule has 7 heteroatoms. The third-order valence-corrected chi connectivity index (χ3v) is 3.14. The van der Waals surface area contributed by atoms with Crippen LogP contribution in [0.2, 0.25) is 0 Å². The zero-order valence-corrected chi connectivity index (χ0v) is 10.8. The van der Waals surface area contributed by atoms with Gasteiger partial charge in [-0.25, -0.2) is 22.0 Å². The molecule has 0 aliphatic carbocycles. The lowest BCUT2D eigenvalue weighted by atomic mass is 9.88. The Labute approximate surface area is 110 Å². The molecule has 1 aromatic carbocycles. The molecule has 0 aliphatic rings. The Bertz CT molecular complexity index is 527. The van der Waals surface area contributed by atoms with Gasteiger partial charge in [0.05, 0.1) is 5.56 Å². The number of hydrogen-bond acceptors (Lipinski definition) is 0. The molecule has 0 aliphatic heterocycles. The monoisotopic (exact) mass is 300 g/mol. The molecule has 0 fully saturated rings. The van der Waals surface area contributed by atoms with Crippen LogP contribution in [-0.2, 0) is 0 Å². The first kappa shape index (κ1) is 16.5. The van der Waals surface area contributed by atoms with Crippen LogP contribution in [-0.4, -0.2) is 0 Å². The molecule has 0 bridgehead atoms. The van der Waals surface area contributed by atoms with Crippen LogP contribution in [0.1, 0.15) is 37.8 Å². The molecule has 0 saturated carbocycles.